The summed E-state index contributed by atoms with van der Waals surface area (Å²) in [6, 6.07) is 23.4. The highest BCUT2D eigenvalue weighted by Gasteiger charge is 2.15. The standard InChI is InChI=1S/C24H23NO4/c1-2-25(16-18-6-4-3-5-7-18)23(27)17-29-24(28)21-10-8-19(9-11-21)20-12-14-22(26)15-13-20/h3-15,26H,2,16-17H2,1H3. The van der Waals surface area contributed by atoms with E-state index in [1.807, 2.05) is 37.3 Å². The molecule has 0 radical (unpaired) electrons. The Bertz CT molecular complexity index is 950. The molecule has 0 bridgehead atoms. The van der Waals surface area contributed by atoms with Gasteiger partial charge in [-0.25, -0.2) is 4.79 Å². The minimum absolute atomic E-state index is 0.201. The van der Waals surface area contributed by atoms with Crippen LogP contribution in [-0.2, 0) is 16.1 Å². The SMILES string of the molecule is CCN(Cc1ccccc1)C(=O)COC(=O)c1ccc(-c2ccc(O)cc2)cc1. The summed E-state index contributed by atoms with van der Waals surface area (Å²) < 4.78 is 5.21. The third-order valence-electron chi connectivity index (χ3n) is 4.60. The molecule has 3 rings (SSSR count). The second-order valence-corrected chi connectivity index (χ2v) is 6.59. The number of nitrogens with zero attached hydrogens (tertiary/aromatic N) is 1. The Labute approximate surface area is 170 Å². The fourth-order valence-electron chi connectivity index (χ4n) is 2.93. The van der Waals surface area contributed by atoms with E-state index in [2.05, 4.69) is 0 Å². The molecule has 0 aliphatic rings. The van der Waals surface area contributed by atoms with Crippen LogP contribution in [0.3, 0.4) is 0 Å². The molecule has 1 N–H and O–H groups in total. The van der Waals surface area contributed by atoms with Gasteiger partial charge in [-0.3, -0.25) is 4.79 Å². The molecule has 0 aliphatic carbocycles. The zero-order valence-electron chi connectivity index (χ0n) is 16.2. The van der Waals surface area contributed by atoms with E-state index in [1.54, 1.807) is 53.4 Å². The number of phenols is 1. The lowest BCUT2D eigenvalue weighted by Gasteiger charge is -2.20. The second kappa shape index (κ2) is 9.55. The van der Waals surface area contributed by atoms with Gasteiger partial charge in [-0.05, 0) is 47.9 Å². The zero-order valence-corrected chi connectivity index (χ0v) is 16.2. The van der Waals surface area contributed by atoms with Crippen molar-refractivity contribution in [3.05, 3.63) is 90.0 Å². The molecule has 5 heteroatoms. The molecule has 0 aromatic heterocycles. The summed E-state index contributed by atoms with van der Waals surface area (Å²) in [6.07, 6.45) is 0. The molecule has 0 aliphatic heterocycles. The van der Waals surface area contributed by atoms with Gasteiger partial charge in [-0.15, -0.1) is 0 Å². The summed E-state index contributed by atoms with van der Waals surface area (Å²) in [7, 11) is 0. The van der Waals surface area contributed by atoms with Gasteiger partial charge in [0.15, 0.2) is 6.61 Å². The largest absolute Gasteiger partial charge is 0.508 e. The van der Waals surface area contributed by atoms with Gasteiger partial charge < -0.3 is 14.7 Å². The van der Waals surface area contributed by atoms with Crippen LogP contribution < -0.4 is 0 Å². The molecular weight excluding hydrogens is 366 g/mol. The molecule has 0 saturated carbocycles. The van der Waals surface area contributed by atoms with E-state index < -0.39 is 5.97 Å². The first-order valence-corrected chi connectivity index (χ1v) is 9.45. The predicted octanol–water partition coefficient (Wildman–Crippen LogP) is 4.26. The smallest absolute Gasteiger partial charge is 0.338 e. The number of phenolic OH excluding ortho intramolecular Hbond substituents is 1. The number of hydrogen-bond acceptors (Lipinski definition) is 4. The molecule has 3 aromatic rings. The van der Waals surface area contributed by atoms with Gasteiger partial charge >= 0.3 is 5.97 Å². The number of benzene rings is 3. The van der Waals surface area contributed by atoms with E-state index >= 15 is 0 Å². The van der Waals surface area contributed by atoms with Crippen LogP contribution in [0.25, 0.3) is 11.1 Å². The number of aromatic hydroxyl groups is 1. The molecule has 0 atom stereocenters. The maximum Gasteiger partial charge on any atom is 0.338 e. The van der Waals surface area contributed by atoms with Gasteiger partial charge in [0.2, 0.25) is 0 Å². The first-order valence-electron chi connectivity index (χ1n) is 9.45. The lowest BCUT2D eigenvalue weighted by Crippen LogP contribution is -2.34. The summed E-state index contributed by atoms with van der Waals surface area (Å²) in [5, 5.41) is 9.37. The molecule has 3 aromatic carbocycles. The van der Waals surface area contributed by atoms with Crippen molar-refractivity contribution in [3.63, 3.8) is 0 Å². The summed E-state index contributed by atoms with van der Waals surface area (Å²) in [5.41, 5.74) is 3.25. The van der Waals surface area contributed by atoms with Crippen LogP contribution in [0.5, 0.6) is 5.75 Å². The topological polar surface area (TPSA) is 66.8 Å². The molecule has 148 valence electrons. The van der Waals surface area contributed by atoms with E-state index in [1.165, 1.54) is 0 Å². The van der Waals surface area contributed by atoms with Crippen molar-refractivity contribution in [2.45, 2.75) is 13.5 Å². The molecular formula is C24H23NO4. The predicted molar refractivity (Wildman–Crippen MR) is 111 cm³/mol. The van der Waals surface area contributed by atoms with Gasteiger partial charge in [0.1, 0.15) is 5.75 Å². The number of hydrogen-bond donors (Lipinski definition) is 1. The third kappa shape index (κ3) is 5.45. The Balaban J connectivity index is 1.56. The molecule has 0 fully saturated rings. The molecule has 0 saturated heterocycles. The molecule has 0 spiro atoms. The Morgan fingerprint density at radius 2 is 1.45 bits per heavy atom. The number of likely N-dealkylation sites (N-methyl/N-ethyl adjacent to an activating group) is 1. The molecule has 1 amide bonds. The molecule has 5 nitrogen and oxygen atoms in total. The number of carbonyl (C=O) groups is 2. The number of carbonyl (C=O) groups excluding carboxylic acids is 2. The number of amides is 1. The van der Waals surface area contributed by atoms with Crippen LogP contribution in [-0.4, -0.2) is 35.0 Å². The minimum Gasteiger partial charge on any atom is -0.508 e. The molecule has 29 heavy (non-hydrogen) atoms. The van der Waals surface area contributed by atoms with E-state index in [-0.39, 0.29) is 18.3 Å². The van der Waals surface area contributed by atoms with Gasteiger partial charge in [0.25, 0.3) is 5.91 Å². The Morgan fingerprint density at radius 3 is 2.03 bits per heavy atom. The average Bonchev–Trinajstić information content (AvgIpc) is 2.77. The summed E-state index contributed by atoms with van der Waals surface area (Å²) in [5.74, 6) is -0.566. The second-order valence-electron chi connectivity index (χ2n) is 6.59. The fraction of sp³-hybridized carbons (Fsp3) is 0.167. The van der Waals surface area contributed by atoms with Crippen LogP contribution in [0, 0.1) is 0 Å². The van der Waals surface area contributed by atoms with E-state index in [0.29, 0.717) is 18.7 Å². The first kappa shape index (κ1) is 20.1. The molecule has 0 heterocycles. The maximum atomic E-state index is 12.4. The average molecular weight is 389 g/mol. The lowest BCUT2D eigenvalue weighted by atomic mass is 10.0. The van der Waals surface area contributed by atoms with Crippen LogP contribution in [0.2, 0.25) is 0 Å². The van der Waals surface area contributed by atoms with Gasteiger partial charge in [0.05, 0.1) is 5.56 Å². The van der Waals surface area contributed by atoms with E-state index in [0.717, 1.165) is 16.7 Å². The van der Waals surface area contributed by atoms with Crippen LogP contribution in [0.15, 0.2) is 78.9 Å². The summed E-state index contributed by atoms with van der Waals surface area (Å²) >= 11 is 0. The Hall–Kier alpha value is -3.60. The van der Waals surface area contributed by atoms with Crippen molar-refractivity contribution in [2.75, 3.05) is 13.2 Å². The first-order chi connectivity index (χ1) is 14.1. The monoisotopic (exact) mass is 389 g/mol. The van der Waals surface area contributed by atoms with Gasteiger partial charge in [-0.2, -0.15) is 0 Å². The normalized spacial score (nSPS) is 10.4. The van der Waals surface area contributed by atoms with Crippen LogP contribution in [0.1, 0.15) is 22.8 Å². The van der Waals surface area contributed by atoms with Crippen molar-refractivity contribution >= 4 is 11.9 Å². The Kier molecular flexibility index (Phi) is 6.63. The van der Waals surface area contributed by atoms with E-state index in [9.17, 15) is 14.7 Å². The summed E-state index contributed by atoms with van der Waals surface area (Å²) in [6.45, 7) is 2.62. The number of esters is 1. The number of rotatable bonds is 7. The van der Waals surface area contributed by atoms with Gasteiger partial charge in [0, 0.05) is 13.1 Å². The quantitative estimate of drug-likeness (QED) is 0.613. The molecule has 0 unspecified atom stereocenters. The maximum absolute atomic E-state index is 12.4. The van der Waals surface area contributed by atoms with Crippen molar-refractivity contribution in [1.29, 1.82) is 0 Å². The van der Waals surface area contributed by atoms with Crippen molar-refractivity contribution in [1.82, 2.24) is 4.90 Å². The Morgan fingerprint density at radius 1 is 0.862 bits per heavy atom. The zero-order chi connectivity index (χ0) is 20.6. The fourth-order valence-corrected chi connectivity index (χ4v) is 2.93. The van der Waals surface area contributed by atoms with E-state index in [4.69, 9.17) is 4.74 Å². The highest BCUT2D eigenvalue weighted by Crippen LogP contribution is 2.22. The van der Waals surface area contributed by atoms with Gasteiger partial charge in [-0.1, -0.05) is 54.6 Å². The van der Waals surface area contributed by atoms with Crippen molar-refractivity contribution < 1.29 is 19.4 Å². The summed E-state index contributed by atoms with van der Waals surface area (Å²) in [4.78, 5) is 26.3. The third-order valence-corrected chi connectivity index (χ3v) is 4.60. The lowest BCUT2D eigenvalue weighted by molar-refractivity contribution is -0.134. The number of ether oxygens (including phenoxy) is 1. The van der Waals surface area contributed by atoms with Crippen LogP contribution in [0.4, 0.5) is 0 Å². The van der Waals surface area contributed by atoms with Crippen molar-refractivity contribution in [3.8, 4) is 16.9 Å². The van der Waals surface area contributed by atoms with Crippen LogP contribution >= 0.6 is 0 Å². The minimum atomic E-state index is -0.536. The van der Waals surface area contributed by atoms with Crippen molar-refractivity contribution in [2.24, 2.45) is 0 Å². The highest BCUT2D eigenvalue weighted by molar-refractivity contribution is 5.91. The highest BCUT2D eigenvalue weighted by atomic mass is 16.5.